The SMILES string of the molecule is Cc1ccc(C(=O)NCc2cn[nH]c2C)cc1Br. The quantitative estimate of drug-likeness (QED) is 0.916. The second-order valence-corrected chi connectivity index (χ2v) is 5.02. The minimum Gasteiger partial charge on any atom is -0.348 e. The van der Waals surface area contributed by atoms with Gasteiger partial charge in [-0.3, -0.25) is 9.89 Å². The molecule has 0 unspecified atom stereocenters. The minimum atomic E-state index is -0.0868. The Bertz CT molecular complexity index is 577. The van der Waals surface area contributed by atoms with Crippen molar-refractivity contribution in [3.05, 3.63) is 51.3 Å². The largest absolute Gasteiger partial charge is 0.348 e. The summed E-state index contributed by atoms with van der Waals surface area (Å²) >= 11 is 3.42. The highest BCUT2D eigenvalue weighted by molar-refractivity contribution is 9.10. The number of amides is 1. The van der Waals surface area contributed by atoms with Crippen LogP contribution < -0.4 is 5.32 Å². The highest BCUT2D eigenvalue weighted by atomic mass is 79.9. The first-order valence-corrected chi connectivity index (χ1v) is 6.40. The summed E-state index contributed by atoms with van der Waals surface area (Å²) in [4.78, 5) is 12.0. The smallest absolute Gasteiger partial charge is 0.251 e. The van der Waals surface area contributed by atoms with Crippen LogP contribution in [0.3, 0.4) is 0 Å². The summed E-state index contributed by atoms with van der Waals surface area (Å²) in [6.45, 7) is 4.39. The predicted molar refractivity (Wildman–Crippen MR) is 73.4 cm³/mol. The van der Waals surface area contributed by atoms with Gasteiger partial charge in [-0.1, -0.05) is 22.0 Å². The number of aromatic amines is 1. The van der Waals surface area contributed by atoms with Crippen LogP contribution in [0.5, 0.6) is 0 Å². The van der Waals surface area contributed by atoms with Gasteiger partial charge in [-0.25, -0.2) is 0 Å². The molecule has 1 aromatic carbocycles. The van der Waals surface area contributed by atoms with Gasteiger partial charge in [0.2, 0.25) is 0 Å². The molecule has 2 aromatic rings. The van der Waals surface area contributed by atoms with E-state index in [2.05, 4.69) is 31.4 Å². The van der Waals surface area contributed by atoms with Crippen molar-refractivity contribution in [3.8, 4) is 0 Å². The fourth-order valence-electron chi connectivity index (χ4n) is 1.57. The van der Waals surface area contributed by atoms with Crippen LogP contribution in [0.15, 0.2) is 28.9 Å². The van der Waals surface area contributed by atoms with Crippen molar-refractivity contribution in [2.24, 2.45) is 0 Å². The molecular formula is C13H14BrN3O. The molecule has 94 valence electrons. The van der Waals surface area contributed by atoms with Gasteiger partial charge in [0.25, 0.3) is 5.91 Å². The van der Waals surface area contributed by atoms with Crippen LogP contribution in [-0.4, -0.2) is 16.1 Å². The van der Waals surface area contributed by atoms with E-state index in [0.29, 0.717) is 12.1 Å². The number of rotatable bonds is 3. The Morgan fingerprint density at radius 2 is 2.22 bits per heavy atom. The molecule has 0 atom stereocenters. The number of halogens is 1. The van der Waals surface area contributed by atoms with Gasteiger partial charge in [0.05, 0.1) is 6.20 Å². The van der Waals surface area contributed by atoms with Gasteiger partial charge < -0.3 is 5.32 Å². The summed E-state index contributed by atoms with van der Waals surface area (Å²) in [5, 5.41) is 9.62. The summed E-state index contributed by atoms with van der Waals surface area (Å²) in [5.41, 5.74) is 3.72. The number of aryl methyl sites for hydroxylation is 2. The molecule has 5 heteroatoms. The maximum Gasteiger partial charge on any atom is 0.251 e. The van der Waals surface area contributed by atoms with E-state index in [1.54, 1.807) is 6.20 Å². The number of nitrogens with zero attached hydrogens (tertiary/aromatic N) is 1. The van der Waals surface area contributed by atoms with Crippen molar-refractivity contribution in [3.63, 3.8) is 0 Å². The molecule has 2 rings (SSSR count). The Hall–Kier alpha value is -1.62. The fraction of sp³-hybridized carbons (Fsp3) is 0.231. The number of hydrogen-bond acceptors (Lipinski definition) is 2. The molecule has 0 radical (unpaired) electrons. The lowest BCUT2D eigenvalue weighted by molar-refractivity contribution is 0.0951. The molecule has 0 saturated carbocycles. The summed E-state index contributed by atoms with van der Waals surface area (Å²) in [7, 11) is 0. The molecule has 1 heterocycles. The van der Waals surface area contributed by atoms with Gasteiger partial charge in [0.1, 0.15) is 0 Å². The van der Waals surface area contributed by atoms with Gasteiger partial charge in [0.15, 0.2) is 0 Å². The van der Waals surface area contributed by atoms with Crippen molar-refractivity contribution >= 4 is 21.8 Å². The Labute approximate surface area is 114 Å². The van der Waals surface area contributed by atoms with Crippen LogP contribution in [0.2, 0.25) is 0 Å². The molecule has 0 aliphatic rings. The van der Waals surface area contributed by atoms with Crippen LogP contribution in [0.1, 0.15) is 27.2 Å². The first-order valence-electron chi connectivity index (χ1n) is 5.61. The van der Waals surface area contributed by atoms with E-state index in [-0.39, 0.29) is 5.91 Å². The standard InChI is InChI=1S/C13H14BrN3O/c1-8-3-4-10(5-12(8)14)13(18)15-6-11-7-16-17-9(11)2/h3-5,7H,6H2,1-2H3,(H,15,18)(H,16,17). The lowest BCUT2D eigenvalue weighted by atomic mass is 10.1. The van der Waals surface area contributed by atoms with E-state index in [0.717, 1.165) is 21.3 Å². The monoisotopic (exact) mass is 307 g/mol. The second-order valence-electron chi connectivity index (χ2n) is 4.17. The van der Waals surface area contributed by atoms with Crippen molar-refractivity contribution in [2.75, 3.05) is 0 Å². The zero-order valence-corrected chi connectivity index (χ0v) is 11.8. The molecule has 0 aliphatic heterocycles. The molecule has 0 fully saturated rings. The Balaban J connectivity index is 2.04. The van der Waals surface area contributed by atoms with Gasteiger partial charge >= 0.3 is 0 Å². The van der Waals surface area contributed by atoms with Crippen molar-refractivity contribution in [1.82, 2.24) is 15.5 Å². The molecule has 1 amide bonds. The third-order valence-corrected chi connectivity index (χ3v) is 3.66. The number of carbonyl (C=O) groups excluding carboxylic acids is 1. The fourth-order valence-corrected chi connectivity index (χ4v) is 1.94. The van der Waals surface area contributed by atoms with Crippen LogP contribution in [0.4, 0.5) is 0 Å². The van der Waals surface area contributed by atoms with Crippen molar-refractivity contribution in [1.29, 1.82) is 0 Å². The molecule has 0 spiro atoms. The van der Waals surface area contributed by atoms with Crippen LogP contribution in [-0.2, 0) is 6.54 Å². The molecule has 2 N–H and O–H groups in total. The Kier molecular flexibility index (Phi) is 3.81. The number of H-pyrrole nitrogens is 1. The Morgan fingerprint density at radius 1 is 1.44 bits per heavy atom. The molecular weight excluding hydrogens is 294 g/mol. The number of aromatic nitrogens is 2. The average molecular weight is 308 g/mol. The van der Waals surface area contributed by atoms with Gasteiger partial charge in [-0.2, -0.15) is 5.10 Å². The normalized spacial score (nSPS) is 10.4. The van der Waals surface area contributed by atoms with E-state index < -0.39 is 0 Å². The summed E-state index contributed by atoms with van der Waals surface area (Å²) in [6.07, 6.45) is 1.72. The van der Waals surface area contributed by atoms with Gasteiger partial charge in [-0.05, 0) is 31.5 Å². The molecule has 0 saturated heterocycles. The highest BCUT2D eigenvalue weighted by Gasteiger charge is 2.08. The Morgan fingerprint density at radius 3 is 2.83 bits per heavy atom. The van der Waals surface area contributed by atoms with Crippen molar-refractivity contribution < 1.29 is 4.79 Å². The number of nitrogens with one attached hydrogen (secondary N) is 2. The van der Waals surface area contributed by atoms with Crippen molar-refractivity contribution in [2.45, 2.75) is 20.4 Å². The third kappa shape index (κ3) is 2.79. The highest BCUT2D eigenvalue weighted by Crippen LogP contribution is 2.17. The zero-order chi connectivity index (χ0) is 13.1. The van der Waals surface area contributed by atoms with E-state index in [1.165, 1.54) is 0 Å². The molecule has 4 nitrogen and oxygen atoms in total. The van der Waals surface area contributed by atoms with E-state index in [1.807, 2.05) is 32.0 Å². The van der Waals surface area contributed by atoms with E-state index in [9.17, 15) is 4.79 Å². The number of hydrogen-bond donors (Lipinski definition) is 2. The summed E-state index contributed by atoms with van der Waals surface area (Å²) < 4.78 is 0.939. The molecule has 0 bridgehead atoms. The maximum absolute atomic E-state index is 12.0. The minimum absolute atomic E-state index is 0.0868. The second kappa shape index (κ2) is 5.35. The average Bonchev–Trinajstić information content (AvgIpc) is 2.75. The lowest BCUT2D eigenvalue weighted by Gasteiger charge is -2.06. The summed E-state index contributed by atoms with van der Waals surface area (Å²) in [5.74, 6) is -0.0868. The van der Waals surface area contributed by atoms with Crippen LogP contribution in [0.25, 0.3) is 0 Å². The molecule has 18 heavy (non-hydrogen) atoms. The van der Waals surface area contributed by atoms with E-state index in [4.69, 9.17) is 0 Å². The van der Waals surface area contributed by atoms with Gasteiger partial charge in [0, 0.05) is 27.8 Å². The van der Waals surface area contributed by atoms with E-state index >= 15 is 0 Å². The molecule has 1 aromatic heterocycles. The molecule has 0 aliphatic carbocycles. The maximum atomic E-state index is 12.0. The topological polar surface area (TPSA) is 57.8 Å². The summed E-state index contributed by atoms with van der Waals surface area (Å²) in [6, 6.07) is 5.56. The number of benzene rings is 1. The predicted octanol–water partition coefficient (Wildman–Crippen LogP) is 2.72. The van der Waals surface area contributed by atoms with Crippen LogP contribution in [0, 0.1) is 13.8 Å². The first-order chi connectivity index (χ1) is 8.58. The first kappa shape index (κ1) is 12.8. The van der Waals surface area contributed by atoms with Gasteiger partial charge in [-0.15, -0.1) is 0 Å². The zero-order valence-electron chi connectivity index (χ0n) is 10.2. The number of carbonyl (C=O) groups is 1. The van der Waals surface area contributed by atoms with Crippen LogP contribution >= 0.6 is 15.9 Å². The lowest BCUT2D eigenvalue weighted by Crippen LogP contribution is -2.22. The third-order valence-electron chi connectivity index (χ3n) is 2.81.